The Morgan fingerprint density at radius 1 is 1.07 bits per heavy atom. The van der Waals surface area contributed by atoms with Crippen LogP contribution in [0.15, 0.2) is 42.5 Å². The van der Waals surface area contributed by atoms with Gasteiger partial charge in [0.05, 0.1) is 6.42 Å². The molecule has 29 heavy (non-hydrogen) atoms. The molecule has 0 saturated carbocycles. The number of hydrogen-bond donors (Lipinski definition) is 1. The Labute approximate surface area is 183 Å². The molecule has 4 nitrogen and oxygen atoms in total. The monoisotopic (exact) mass is 434 g/mol. The van der Waals surface area contributed by atoms with Crippen LogP contribution in [0.4, 0.5) is 0 Å². The van der Waals surface area contributed by atoms with E-state index < -0.39 is 6.04 Å². The molecule has 0 unspecified atom stereocenters. The van der Waals surface area contributed by atoms with Crippen molar-refractivity contribution in [3.8, 4) is 0 Å². The predicted molar refractivity (Wildman–Crippen MR) is 119 cm³/mol. The summed E-state index contributed by atoms with van der Waals surface area (Å²) in [6.45, 7) is 8.07. The molecule has 0 aliphatic rings. The van der Waals surface area contributed by atoms with Crippen LogP contribution in [-0.2, 0) is 22.6 Å². The third kappa shape index (κ3) is 6.76. The van der Waals surface area contributed by atoms with Crippen LogP contribution in [0, 0.1) is 6.92 Å². The number of nitrogens with zero attached hydrogens (tertiary/aromatic N) is 1. The minimum atomic E-state index is -0.608. The maximum atomic E-state index is 13.2. The normalized spacial score (nSPS) is 12.9. The lowest BCUT2D eigenvalue weighted by atomic mass is 10.1. The Bertz CT molecular complexity index is 852. The molecule has 156 valence electrons. The summed E-state index contributed by atoms with van der Waals surface area (Å²) in [5.41, 5.74) is 2.79. The van der Waals surface area contributed by atoms with Gasteiger partial charge in [-0.25, -0.2) is 0 Å². The molecule has 2 aromatic carbocycles. The maximum absolute atomic E-state index is 13.2. The van der Waals surface area contributed by atoms with E-state index in [2.05, 4.69) is 5.32 Å². The lowest BCUT2D eigenvalue weighted by Crippen LogP contribution is -2.49. The minimum Gasteiger partial charge on any atom is -0.352 e. The van der Waals surface area contributed by atoms with Crippen LogP contribution in [0.25, 0.3) is 0 Å². The summed E-state index contributed by atoms with van der Waals surface area (Å²) in [6.07, 6.45) is 0.924. The van der Waals surface area contributed by atoms with Crippen LogP contribution in [0.1, 0.15) is 43.9 Å². The van der Waals surface area contributed by atoms with Crippen LogP contribution < -0.4 is 5.32 Å². The highest BCUT2D eigenvalue weighted by Gasteiger charge is 2.27. The molecule has 0 aliphatic heterocycles. The second kappa shape index (κ2) is 10.7. The molecule has 2 amide bonds. The number of halogens is 2. The van der Waals surface area contributed by atoms with Gasteiger partial charge in [-0.15, -0.1) is 0 Å². The van der Waals surface area contributed by atoms with Crippen LogP contribution in [0.2, 0.25) is 10.0 Å². The summed E-state index contributed by atoms with van der Waals surface area (Å²) in [6, 6.07) is 12.5. The van der Waals surface area contributed by atoms with Crippen molar-refractivity contribution in [3.63, 3.8) is 0 Å². The standard InChI is InChI=1S/C23H28Cl2N2O2/c1-5-16(3)26-23(29)17(4)27(14-18-8-6-15(2)7-9-18)22(28)12-19-10-11-20(24)13-21(19)25/h6-11,13,16-17H,5,12,14H2,1-4H3,(H,26,29)/t16-,17-/m1/s1. The maximum Gasteiger partial charge on any atom is 0.242 e. The van der Waals surface area contributed by atoms with Crippen LogP contribution in [0.3, 0.4) is 0 Å². The Kier molecular flexibility index (Phi) is 8.54. The third-order valence-corrected chi connectivity index (χ3v) is 5.59. The molecule has 6 heteroatoms. The summed E-state index contributed by atoms with van der Waals surface area (Å²) >= 11 is 12.2. The average molecular weight is 435 g/mol. The van der Waals surface area contributed by atoms with Gasteiger partial charge in [0.25, 0.3) is 0 Å². The van der Waals surface area contributed by atoms with E-state index in [9.17, 15) is 9.59 Å². The molecule has 0 bridgehead atoms. The Hall–Kier alpha value is -2.04. The van der Waals surface area contributed by atoms with Crippen LogP contribution in [0.5, 0.6) is 0 Å². The summed E-state index contributed by atoms with van der Waals surface area (Å²) in [5.74, 6) is -0.330. The molecule has 0 fully saturated rings. The Morgan fingerprint density at radius 2 is 1.72 bits per heavy atom. The number of carbonyl (C=O) groups excluding carboxylic acids is 2. The largest absolute Gasteiger partial charge is 0.352 e. The van der Waals surface area contributed by atoms with Crippen molar-refractivity contribution in [3.05, 3.63) is 69.2 Å². The summed E-state index contributed by atoms with van der Waals surface area (Å²) in [5, 5.41) is 3.93. The number of amides is 2. The highest BCUT2D eigenvalue weighted by atomic mass is 35.5. The van der Waals surface area contributed by atoms with Crippen molar-refractivity contribution in [2.24, 2.45) is 0 Å². The molecule has 0 spiro atoms. The molecule has 0 aliphatic carbocycles. The van der Waals surface area contributed by atoms with Gasteiger partial charge >= 0.3 is 0 Å². The van der Waals surface area contributed by atoms with E-state index in [0.29, 0.717) is 22.2 Å². The quantitative estimate of drug-likeness (QED) is 0.622. The van der Waals surface area contributed by atoms with Crippen molar-refractivity contribution < 1.29 is 9.59 Å². The Balaban J connectivity index is 2.25. The number of rotatable bonds is 8. The number of benzene rings is 2. The zero-order valence-electron chi connectivity index (χ0n) is 17.3. The van der Waals surface area contributed by atoms with E-state index in [-0.39, 0.29) is 24.3 Å². The zero-order valence-corrected chi connectivity index (χ0v) is 18.8. The van der Waals surface area contributed by atoms with Gasteiger partial charge in [0.2, 0.25) is 11.8 Å². The SMILES string of the molecule is CC[C@@H](C)NC(=O)[C@@H](C)N(Cc1ccc(C)cc1)C(=O)Cc1ccc(Cl)cc1Cl. The fraction of sp³-hybridized carbons (Fsp3) is 0.391. The summed E-state index contributed by atoms with van der Waals surface area (Å²) < 4.78 is 0. The fourth-order valence-electron chi connectivity index (χ4n) is 2.87. The first kappa shape index (κ1) is 23.2. The highest BCUT2D eigenvalue weighted by molar-refractivity contribution is 6.35. The first-order valence-corrected chi connectivity index (χ1v) is 10.6. The number of carbonyl (C=O) groups is 2. The lowest BCUT2D eigenvalue weighted by molar-refractivity contribution is -0.140. The molecular weight excluding hydrogens is 407 g/mol. The number of nitrogens with one attached hydrogen (secondary N) is 1. The van der Waals surface area contributed by atoms with Crippen molar-refractivity contribution in [2.45, 2.75) is 59.2 Å². The number of aryl methyl sites for hydroxylation is 1. The average Bonchev–Trinajstić information content (AvgIpc) is 2.68. The van der Waals surface area contributed by atoms with Gasteiger partial charge < -0.3 is 10.2 Å². The van der Waals surface area contributed by atoms with Crippen LogP contribution >= 0.6 is 23.2 Å². The summed E-state index contributed by atoms with van der Waals surface area (Å²) in [7, 11) is 0. The van der Waals surface area contributed by atoms with Crippen molar-refractivity contribution >= 4 is 35.0 Å². The molecule has 2 atom stereocenters. The molecule has 1 N–H and O–H groups in total. The van der Waals surface area contributed by atoms with E-state index in [1.165, 1.54) is 0 Å². The van der Waals surface area contributed by atoms with E-state index in [4.69, 9.17) is 23.2 Å². The third-order valence-electron chi connectivity index (χ3n) is 5.00. The van der Waals surface area contributed by atoms with Gasteiger partial charge in [0, 0.05) is 22.6 Å². The molecule has 0 aromatic heterocycles. The number of hydrogen-bond acceptors (Lipinski definition) is 2. The van der Waals surface area contributed by atoms with Gasteiger partial charge in [-0.1, -0.05) is 66.0 Å². The fourth-order valence-corrected chi connectivity index (χ4v) is 3.34. The predicted octanol–water partition coefficient (Wildman–Crippen LogP) is 5.18. The van der Waals surface area contributed by atoms with Crippen molar-refractivity contribution in [2.75, 3.05) is 0 Å². The second-order valence-corrected chi connectivity index (χ2v) is 8.26. The molecule has 0 radical (unpaired) electrons. The van der Waals surface area contributed by atoms with E-state index >= 15 is 0 Å². The van der Waals surface area contributed by atoms with Gasteiger partial charge in [-0.2, -0.15) is 0 Å². The molecule has 0 heterocycles. The second-order valence-electron chi connectivity index (χ2n) is 7.41. The topological polar surface area (TPSA) is 49.4 Å². The molecular formula is C23H28Cl2N2O2. The van der Waals surface area contributed by atoms with E-state index in [1.807, 2.05) is 45.0 Å². The first-order chi connectivity index (χ1) is 13.7. The molecule has 2 rings (SSSR count). The Morgan fingerprint density at radius 3 is 2.31 bits per heavy atom. The van der Waals surface area contributed by atoms with E-state index in [0.717, 1.165) is 17.5 Å². The van der Waals surface area contributed by atoms with Crippen LogP contribution in [-0.4, -0.2) is 28.8 Å². The van der Waals surface area contributed by atoms with Gasteiger partial charge in [-0.3, -0.25) is 9.59 Å². The lowest BCUT2D eigenvalue weighted by Gasteiger charge is -2.30. The van der Waals surface area contributed by atoms with Gasteiger partial charge in [0.15, 0.2) is 0 Å². The van der Waals surface area contributed by atoms with Crippen molar-refractivity contribution in [1.82, 2.24) is 10.2 Å². The molecule has 0 saturated heterocycles. The van der Waals surface area contributed by atoms with E-state index in [1.54, 1.807) is 30.0 Å². The van der Waals surface area contributed by atoms with Crippen molar-refractivity contribution in [1.29, 1.82) is 0 Å². The summed E-state index contributed by atoms with van der Waals surface area (Å²) in [4.78, 5) is 27.5. The minimum absolute atomic E-state index is 0.0481. The smallest absolute Gasteiger partial charge is 0.242 e. The highest BCUT2D eigenvalue weighted by Crippen LogP contribution is 2.23. The van der Waals surface area contributed by atoms with Gasteiger partial charge in [0.1, 0.15) is 6.04 Å². The zero-order chi connectivity index (χ0) is 21.6. The molecule has 2 aromatic rings. The first-order valence-electron chi connectivity index (χ1n) is 9.80. The van der Waals surface area contributed by atoms with Gasteiger partial charge in [-0.05, 0) is 50.5 Å².